The van der Waals surface area contributed by atoms with Crippen LogP contribution in [0.25, 0.3) is 0 Å². The highest BCUT2D eigenvalue weighted by atomic mass is 19.1. The first-order valence-electron chi connectivity index (χ1n) is 13.9. The molecule has 0 saturated heterocycles. The van der Waals surface area contributed by atoms with Crippen molar-refractivity contribution in [1.29, 1.82) is 0 Å². The minimum atomic E-state index is -0.320. The number of carbonyl (C=O) groups excluding carboxylic acids is 1. The molecule has 1 aromatic carbocycles. The highest BCUT2D eigenvalue weighted by Gasteiger charge is 2.60. The molecule has 0 spiro atoms. The van der Waals surface area contributed by atoms with Crippen molar-refractivity contribution < 1.29 is 14.3 Å². The summed E-state index contributed by atoms with van der Waals surface area (Å²) >= 11 is 0. The summed E-state index contributed by atoms with van der Waals surface area (Å²) in [6.07, 6.45) is 12.6. The van der Waals surface area contributed by atoms with E-state index in [1.54, 1.807) is 12.1 Å². The van der Waals surface area contributed by atoms with Gasteiger partial charge in [-0.3, -0.25) is 4.79 Å². The third-order valence-corrected chi connectivity index (χ3v) is 11.3. The number of carbonyl (C=O) groups is 1. The molecule has 4 saturated carbocycles. The lowest BCUT2D eigenvalue weighted by atomic mass is 9.44. The Labute approximate surface area is 205 Å². The number of hydrogen-bond acceptors (Lipinski definition) is 2. The Morgan fingerprint density at radius 1 is 1.09 bits per heavy atom. The Morgan fingerprint density at radius 3 is 2.65 bits per heavy atom. The first-order valence-corrected chi connectivity index (χ1v) is 13.9. The van der Waals surface area contributed by atoms with E-state index in [-0.39, 0.29) is 17.8 Å². The van der Waals surface area contributed by atoms with Gasteiger partial charge in [0.2, 0.25) is 5.91 Å². The van der Waals surface area contributed by atoms with E-state index in [9.17, 15) is 14.3 Å². The van der Waals surface area contributed by atoms with Crippen LogP contribution in [-0.2, 0) is 4.79 Å². The second-order valence-corrected chi connectivity index (χ2v) is 12.9. The Morgan fingerprint density at radius 2 is 1.85 bits per heavy atom. The van der Waals surface area contributed by atoms with Gasteiger partial charge in [-0.05, 0) is 129 Å². The fraction of sp³-hybridized carbons (Fsp3) is 0.767. The minimum Gasteiger partial charge on any atom is -0.393 e. The predicted octanol–water partition coefficient (Wildman–Crippen LogP) is 7.20. The van der Waals surface area contributed by atoms with Crippen molar-refractivity contribution in [3.05, 3.63) is 30.1 Å². The maximum Gasteiger partial charge on any atom is 0.224 e. The molecule has 9 atom stereocenters. The van der Waals surface area contributed by atoms with E-state index in [4.69, 9.17) is 0 Å². The molecule has 0 radical (unpaired) electrons. The zero-order valence-corrected chi connectivity index (χ0v) is 21.4. The zero-order chi connectivity index (χ0) is 24.1. The van der Waals surface area contributed by atoms with Crippen LogP contribution in [0.15, 0.2) is 24.3 Å². The van der Waals surface area contributed by atoms with Gasteiger partial charge in [0.1, 0.15) is 5.82 Å². The fourth-order valence-electron chi connectivity index (χ4n) is 9.56. The molecule has 0 aromatic heterocycles. The van der Waals surface area contributed by atoms with E-state index in [1.165, 1.54) is 57.1 Å². The van der Waals surface area contributed by atoms with Crippen LogP contribution in [0.5, 0.6) is 0 Å². The lowest BCUT2D eigenvalue weighted by Gasteiger charge is -2.61. The topological polar surface area (TPSA) is 49.3 Å². The number of hydrogen-bond donors (Lipinski definition) is 2. The molecule has 0 heterocycles. The van der Waals surface area contributed by atoms with Gasteiger partial charge in [0.15, 0.2) is 0 Å². The van der Waals surface area contributed by atoms with Gasteiger partial charge in [-0.15, -0.1) is 0 Å². The molecule has 2 N–H and O–H groups in total. The van der Waals surface area contributed by atoms with Crippen molar-refractivity contribution in [2.75, 3.05) is 5.32 Å². The van der Waals surface area contributed by atoms with Gasteiger partial charge in [0, 0.05) is 12.1 Å². The smallest absolute Gasteiger partial charge is 0.224 e. The molecule has 4 aliphatic rings. The fourth-order valence-corrected chi connectivity index (χ4v) is 9.56. The predicted molar refractivity (Wildman–Crippen MR) is 135 cm³/mol. The number of aliphatic hydroxyl groups excluding tert-OH is 1. The summed E-state index contributed by atoms with van der Waals surface area (Å²) in [7, 11) is 0. The molecule has 4 heteroatoms. The molecule has 0 bridgehead atoms. The van der Waals surface area contributed by atoms with Crippen LogP contribution in [0, 0.1) is 52.2 Å². The van der Waals surface area contributed by atoms with Crippen molar-refractivity contribution in [1.82, 2.24) is 0 Å². The van der Waals surface area contributed by atoms with E-state index in [1.807, 2.05) is 0 Å². The van der Waals surface area contributed by atoms with Gasteiger partial charge in [-0.1, -0.05) is 26.8 Å². The zero-order valence-electron chi connectivity index (χ0n) is 21.4. The Kier molecular flexibility index (Phi) is 6.59. The summed E-state index contributed by atoms with van der Waals surface area (Å²) in [6.45, 7) is 7.50. The molecule has 34 heavy (non-hydrogen) atoms. The maximum absolute atomic E-state index is 13.4. The maximum atomic E-state index is 13.4. The molecular weight excluding hydrogens is 425 g/mol. The summed E-state index contributed by atoms with van der Waals surface area (Å²) in [4.78, 5) is 12.5. The van der Waals surface area contributed by atoms with Crippen molar-refractivity contribution in [2.45, 2.75) is 97.5 Å². The summed E-state index contributed by atoms with van der Waals surface area (Å²) in [5, 5.41) is 13.2. The standard InChI is InChI=1S/C30H44FNO2/c1-19(7-12-28(34)32-22-6-4-5-21(31)18-22)25-10-11-26-24-9-8-20-17-23(33)13-15-29(20,2)27(24)14-16-30(25,26)3/h4-6,18-20,23-27,33H,7-17H2,1-3H3,(H,32,34)/t19-,20?,23-,24?,25-,26?,27?,29?,30?/m1/s1. The summed E-state index contributed by atoms with van der Waals surface area (Å²) in [5.41, 5.74) is 1.38. The first kappa shape index (κ1) is 24.3. The molecular formula is C30H44FNO2. The molecule has 188 valence electrons. The number of anilines is 1. The van der Waals surface area contributed by atoms with Crippen LogP contribution in [0.1, 0.15) is 91.4 Å². The quantitative estimate of drug-likeness (QED) is 0.479. The van der Waals surface area contributed by atoms with Gasteiger partial charge in [-0.2, -0.15) is 0 Å². The number of aliphatic hydroxyl groups is 1. The summed E-state index contributed by atoms with van der Waals surface area (Å²) < 4.78 is 13.4. The highest BCUT2D eigenvalue weighted by molar-refractivity contribution is 5.90. The van der Waals surface area contributed by atoms with E-state index in [2.05, 4.69) is 26.1 Å². The Bertz CT molecular complexity index is 904. The number of rotatable bonds is 5. The molecule has 1 aromatic rings. The van der Waals surface area contributed by atoms with Crippen molar-refractivity contribution in [2.24, 2.45) is 46.3 Å². The van der Waals surface area contributed by atoms with E-state index >= 15 is 0 Å². The van der Waals surface area contributed by atoms with Gasteiger partial charge >= 0.3 is 0 Å². The largest absolute Gasteiger partial charge is 0.393 e. The van der Waals surface area contributed by atoms with Crippen molar-refractivity contribution >= 4 is 11.6 Å². The lowest BCUT2D eigenvalue weighted by Crippen LogP contribution is -2.54. The van der Waals surface area contributed by atoms with Crippen LogP contribution in [0.2, 0.25) is 0 Å². The highest BCUT2D eigenvalue weighted by Crippen LogP contribution is 2.68. The summed E-state index contributed by atoms with van der Waals surface area (Å²) in [5.74, 6) is 4.12. The van der Waals surface area contributed by atoms with Crippen molar-refractivity contribution in [3.8, 4) is 0 Å². The minimum absolute atomic E-state index is 0.00779. The number of amides is 1. The van der Waals surface area contributed by atoms with Gasteiger partial charge < -0.3 is 10.4 Å². The molecule has 5 rings (SSSR count). The average molecular weight is 470 g/mol. The second-order valence-electron chi connectivity index (χ2n) is 12.9. The molecule has 0 aliphatic heterocycles. The first-order chi connectivity index (χ1) is 16.2. The van der Waals surface area contributed by atoms with E-state index in [0.717, 1.165) is 42.9 Å². The lowest BCUT2D eigenvalue weighted by molar-refractivity contribution is -0.129. The van der Waals surface area contributed by atoms with Crippen LogP contribution in [-0.4, -0.2) is 17.1 Å². The number of benzene rings is 1. The monoisotopic (exact) mass is 469 g/mol. The summed E-state index contributed by atoms with van der Waals surface area (Å²) in [6, 6.07) is 6.15. The normalized spacial score (nSPS) is 42.3. The molecule has 4 aliphatic carbocycles. The van der Waals surface area contributed by atoms with Gasteiger partial charge in [0.05, 0.1) is 6.10 Å². The third-order valence-electron chi connectivity index (χ3n) is 11.3. The van der Waals surface area contributed by atoms with Gasteiger partial charge in [0.25, 0.3) is 0 Å². The van der Waals surface area contributed by atoms with E-state index < -0.39 is 0 Å². The van der Waals surface area contributed by atoms with Crippen LogP contribution >= 0.6 is 0 Å². The molecule has 6 unspecified atom stereocenters. The Balaban J connectivity index is 1.21. The van der Waals surface area contributed by atoms with Gasteiger partial charge in [-0.25, -0.2) is 4.39 Å². The average Bonchev–Trinajstić information content (AvgIpc) is 3.15. The molecule has 3 nitrogen and oxygen atoms in total. The second kappa shape index (κ2) is 9.22. The Hall–Kier alpha value is -1.42. The third kappa shape index (κ3) is 4.22. The van der Waals surface area contributed by atoms with Crippen molar-refractivity contribution in [3.63, 3.8) is 0 Å². The number of fused-ring (bicyclic) bond motifs is 5. The van der Waals surface area contributed by atoms with Crippen LogP contribution < -0.4 is 5.32 Å². The molecule has 1 amide bonds. The SMILES string of the molecule is C[C@H](CCC(=O)Nc1cccc(F)c1)[C@H]1CCC2C3CCC4C[C@H](O)CCC4(C)C3CCC21C. The van der Waals surface area contributed by atoms with E-state index in [0.29, 0.717) is 34.8 Å². The van der Waals surface area contributed by atoms with Crippen LogP contribution in [0.3, 0.4) is 0 Å². The van der Waals surface area contributed by atoms with Crippen LogP contribution in [0.4, 0.5) is 10.1 Å². The number of halogens is 1. The molecule has 4 fully saturated rings. The number of nitrogens with one attached hydrogen (secondary N) is 1.